The molecule has 0 spiro atoms. The first-order chi connectivity index (χ1) is 10.5. The Morgan fingerprint density at radius 2 is 2.27 bits per heavy atom. The Morgan fingerprint density at radius 3 is 2.91 bits per heavy atom. The molecule has 3 rings (SSSR count). The van der Waals surface area contributed by atoms with Gasteiger partial charge in [-0.2, -0.15) is 5.10 Å². The number of hydrogen-bond acceptors (Lipinski definition) is 4. The number of rotatable bonds is 3. The number of carbonyl (C=O) groups is 1. The van der Waals surface area contributed by atoms with Crippen LogP contribution in [0.2, 0.25) is 0 Å². The van der Waals surface area contributed by atoms with Gasteiger partial charge in [0.1, 0.15) is 0 Å². The van der Waals surface area contributed by atoms with Gasteiger partial charge < -0.3 is 14.7 Å². The van der Waals surface area contributed by atoms with Gasteiger partial charge in [0, 0.05) is 25.9 Å². The number of fused-ring (bicyclic) bond motifs is 1. The molecule has 6 nitrogen and oxygen atoms in total. The predicted octanol–water partition coefficient (Wildman–Crippen LogP) is 1.61. The standard InChI is InChI=1S/C16H25N3O3/c1-11(2)19-10-12(9-17-19)15(21)18-7-6-16(22-3)5-4-13(20)8-14(16)18/h9-11,13-14,20H,4-8H2,1-3H3/t13-,14-,16+/m0/s1. The van der Waals surface area contributed by atoms with Crippen LogP contribution in [0.25, 0.3) is 0 Å². The number of amides is 1. The molecular weight excluding hydrogens is 282 g/mol. The van der Waals surface area contributed by atoms with Crippen LogP contribution in [0.4, 0.5) is 0 Å². The van der Waals surface area contributed by atoms with E-state index in [1.165, 1.54) is 0 Å². The van der Waals surface area contributed by atoms with Crippen molar-refractivity contribution in [2.75, 3.05) is 13.7 Å². The van der Waals surface area contributed by atoms with Crippen LogP contribution >= 0.6 is 0 Å². The molecular formula is C16H25N3O3. The Bertz CT molecular complexity index is 557. The summed E-state index contributed by atoms with van der Waals surface area (Å²) in [6, 6.07) is 0.186. The van der Waals surface area contributed by atoms with E-state index in [1.54, 1.807) is 24.2 Å². The van der Waals surface area contributed by atoms with E-state index in [0.717, 1.165) is 19.3 Å². The van der Waals surface area contributed by atoms with Gasteiger partial charge in [-0.3, -0.25) is 9.48 Å². The Kier molecular flexibility index (Phi) is 3.99. The van der Waals surface area contributed by atoms with Gasteiger partial charge in [0.2, 0.25) is 0 Å². The largest absolute Gasteiger partial charge is 0.393 e. The summed E-state index contributed by atoms with van der Waals surface area (Å²) in [6.45, 7) is 4.74. The molecule has 1 aliphatic heterocycles. The van der Waals surface area contributed by atoms with Crippen LogP contribution in [0.15, 0.2) is 12.4 Å². The Labute approximate surface area is 131 Å². The fraction of sp³-hybridized carbons (Fsp3) is 0.750. The minimum absolute atomic E-state index is 0.00933. The van der Waals surface area contributed by atoms with Crippen molar-refractivity contribution < 1.29 is 14.6 Å². The number of aromatic nitrogens is 2. The number of hydrogen-bond donors (Lipinski definition) is 1. The monoisotopic (exact) mass is 307 g/mol. The third kappa shape index (κ3) is 2.44. The molecule has 22 heavy (non-hydrogen) atoms. The molecule has 1 aromatic rings. The number of aliphatic hydroxyl groups is 1. The van der Waals surface area contributed by atoms with Gasteiger partial charge in [0.05, 0.1) is 29.5 Å². The molecule has 3 atom stereocenters. The van der Waals surface area contributed by atoms with E-state index >= 15 is 0 Å². The highest BCUT2D eigenvalue weighted by atomic mass is 16.5. The average Bonchev–Trinajstić information content (AvgIpc) is 3.12. The lowest BCUT2D eigenvalue weighted by atomic mass is 9.79. The zero-order valence-electron chi connectivity index (χ0n) is 13.5. The first-order valence-electron chi connectivity index (χ1n) is 8.05. The van der Waals surface area contributed by atoms with Crippen LogP contribution in [0.5, 0.6) is 0 Å². The zero-order valence-corrected chi connectivity index (χ0v) is 13.5. The van der Waals surface area contributed by atoms with Crippen molar-refractivity contribution in [2.24, 2.45) is 0 Å². The Hall–Kier alpha value is -1.40. The maximum Gasteiger partial charge on any atom is 0.257 e. The van der Waals surface area contributed by atoms with E-state index in [1.807, 2.05) is 18.7 Å². The van der Waals surface area contributed by atoms with Gasteiger partial charge in [0.25, 0.3) is 5.91 Å². The summed E-state index contributed by atoms with van der Waals surface area (Å²) in [7, 11) is 1.72. The second-order valence-electron chi connectivity index (χ2n) is 6.76. The second kappa shape index (κ2) is 5.66. The van der Waals surface area contributed by atoms with Gasteiger partial charge in [0.15, 0.2) is 0 Å². The lowest BCUT2D eigenvalue weighted by molar-refractivity contribution is -0.0824. The minimum atomic E-state index is -0.347. The Morgan fingerprint density at radius 1 is 1.50 bits per heavy atom. The molecule has 1 saturated heterocycles. The number of nitrogens with zero attached hydrogens (tertiary/aromatic N) is 3. The fourth-order valence-electron chi connectivity index (χ4n) is 3.82. The molecule has 1 aliphatic carbocycles. The maximum absolute atomic E-state index is 12.8. The highest BCUT2D eigenvalue weighted by Crippen LogP contribution is 2.42. The second-order valence-corrected chi connectivity index (χ2v) is 6.76. The van der Waals surface area contributed by atoms with Crippen molar-refractivity contribution >= 4 is 5.91 Å². The van der Waals surface area contributed by atoms with E-state index in [2.05, 4.69) is 5.10 Å². The summed E-state index contributed by atoms with van der Waals surface area (Å²) in [5, 5.41) is 14.3. The molecule has 6 heteroatoms. The third-order valence-corrected chi connectivity index (χ3v) is 5.20. The summed E-state index contributed by atoms with van der Waals surface area (Å²) in [5.41, 5.74) is 0.323. The molecule has 0 bridgehead atoms. The zero-order chi connectivity index (χ0) is 15.9. The summed E-state index contributed by atoms with van der Waals surface area (Å²) >= 11 is 0. The number of aliphatic hydroxyl groups excluding tert-OH is 1. The molecule has 1 amide bonds. The Balaban J connectivity index is 1.83. The summed E-state index contributed by atoms with van der Waals surface area (Å²) in [5.74, 6) is -0.00933. The normalized spacial score (nSPS) is 31.6. The number of methoxy groups -OCH3 is 1. The summed E-state index contributed by atoms with van der Waals surface area (Å²) in [6.07, 6.45) is 6.08. The van der Waals surface area contributed by atoms with Crippen LogP contribution in [-0.2, 0) is 4.74 Å². The van der Waals surface area contributed by atoms with Crippen LogP contribution in [0.3, 0.4) is 0 Å². The van der Waals surface area contributed by atoms with Crippen molar-refractivity contribution in [2.45, 2.75) is 63.3 Å². The SMILES string of the molecule is CO[C@@]12CC[C@H](O)C[C@@H]1N(C(=O)c1cnn(C(C)C)c1)CC2. The molecule has 0 unspecified atom stereocenters. The van der Waals surface area contributed by atoms with Gasteiger partial charge in [-0.05, 0) is 39.5 Å². The fourth-order valence-corrected chi connectivity index (χ4v) is 3.82. The van der Waals surface area contributed by atoms with Crippen LogP contribution in [0.1, 0.15) is 55.9 Å². The molecule has 2 aliphatic rings. The van der Waals surface area contributed by atoms with Crippen LogP contribution in [-0.4, -0.2) is 57.1 Å². The third-order valence-electron chi connectivity index (χ3n) is 5.20. The van der Waals surface area contributed by atoms with E-state index in [9.17, 15) is 9.90 Å². The van der Waals surface area contributed by atoms with E-state index in [4.69, 9.17) is 4.74 Å². The number of ether oxygens (including phenoxy) is 1. The average molecular weight is 307 g/mol. The molecule has 0 aromatic carbocycles. The molecule has 2 heterocycles. The van der Waals surface area contributed by atoms with Crippen molar-refractivity contribution in [3.63, 3.8) is 0 Å². The predicted molar refractivity (Wildman–Crippen MR) is 81.7 cm³/mol. The lowest BCUT2D eigenvalue weighted by Gasteiger charge is -2.42. The molecule has 2 fully saturated rings. The van der Waals surface area contributed by atoms with Crippen molar-refractivity contribution in [3.8, 4) is 0 Å². The maximum atomic E-state index is 12.8. The summed E-state index contributed by atoms with van der Waals surface area (Å²) < 4.78 is 7.58. The smallest absolute Gasteiger partial charge is 0.257 e. The minimum Gasteiger partial charge on any atom is -0.393 e. The topological polar surface area (TPSA) is 67.6 Å². The van der Waals surface area contributed by atoms with Crippen molar-refractivity contribution in [3.05, 3.63) is 18.0 Å². The van der Waals surface area contributed by atoms with Crippen LogP contribution < -0.4 is 0 Å². The number of likely N-dealkylation sites (tertiary alicyclic amines) is 1. The van der Waals surface area contributed by atoms with Gasteiger partial charge >= 0.3 is 0 Å². The van der Waals surface area contributed by atoms with Crippen molar-refractivity contribution in [1.82, 2.24) is 14.7 Å². The van der Waals surface area contributed by atoms with E-state index in [-0.39, 0.29) is 29.7 Å². The van der Waals surface area contributed by atoms with E-state index < -0.39 is 0 Å². The number of carbonyl (C=O) groups excluding carboxylic acids is 1. The highest BCUT2D eigenvalue weighted by Gasteiger charge is 2.52. The summed E-state index contributed by atoms with van der Waals surface area (Å²) in [4.78, 5) is 14.7. The van der Waals surface area contributed by atoms with Gasteiger partial charge in [-0.1, -0.05) is 0 Å². The quantitative estimate of drug-likeness (QED) is 0.921. The van der Waals surface area contributed by atoms with Crippen molar-refractivity contribution in [1.29, 1.82) is 0 Å². The lowest BCUT2D eigenvalue weighted by Crippen LogP contribution is -2.52. The van der Waals surface area contributed by atoms with E-state index in [0.29, 0.717) is 18.5 Å². The highest BCUT2D eigenvalue weighted by molar-refractivity contribution is 5.94. The molecule has 1 aromatic heterocycles. The molecule has 0 radical (unpaired) electrons. The first kappa shape index (κ1) is 15.5. The van der Waals surface area contributed by atoms with Gasteiger partial charge in [-0.15, -0.1) is 0 Å². The molecule has 1 N–H and O–H groups in total. The van der Waals surface area contributed by atoms with Crippen LogP contribution in [0, 0.1) is 0 Å². The molecule has 1 saturated carbocycles. The van der Waals surface area contributed by atoms with Gasteiger partial charge in [-0.25, -0.2) is 0 Å². The molecule has 122 valence electrons. The first-order valence-corrected chi connectivity index (χ1v) is 8.05.